The van der Waals surface area contributed by atoms with Crippen molar-refractivity contribution in [3.63, 3.8) is 0 Å². The van der Waals surface area contributed by atoms with Crippen molar-refractivity contribution in [2.24, 2.45) is 0 Å². The fourth-order valence-electron chi connectivity index (χ4n) is 3.42. The number of hydrogen-bond donors (Lipinski definition) is 1. The molecular weight excluding hydrogens is 298 g/mol. The second-order valence-corrected chi connectivity index (χ2v) is 5.97. The van der Waals surface area contributed by atoms with E-state index in [0.717, 1.165) is 33.9 Å². The van der Waals surface area contributed by atoms with E-state index in [9.17, 15) is 9.90 Å². The molecule has 0 aliphatic heterocycles. The Labute approximate surface area is 139 Å². The van der Waals surface area contributed by atoms with E-state index in [-0.39, 0.29) is 6.42 Å². The number of benzene rings is 3. The van der Waals surface area contributed by atoms with Crippen LogP contribution >= 0.6 is 0 Å². The average Bonchev–Trinajstić information content (AvgIpc) is 2.91. The zero-order chi connectivity index (χ0) is 16.5. The van der Waals surface area contributed by atoms with Gasteiger partial charge in [-0.05, 0) is 17.2 Å². The Hall–Kier alpha value is -3.07. The van der Waals surface area contributed by atoms with Crippen molar-refractivity contribution in [2.75, 3.05) is 0 Å². The third-order valence-electron chi connectivity index (χ3n) is 4.40. The van der Waals surface area contributed by atoms with Crippen LogP contribution in [0, 0.1) is 0 Å². The first-order chi connectivity index (χ1) is 11.7. The van der Waals surface area contributed by atoms with Crippen LogP contribution in [0.15, 0.2) is 72.8 Å². The molecule has 1 heterocycles. The molecule has 0 unspecified atom stereocenters. The lowest BCUT2D eigenvalue weighted by molar-refractivity contribution is -0.136. The molecular formula is C21H17NO2. The SMILES string of the molecule is O=C(O)Cc1cccc2c3ccccc3n(Cc3ccccc3)c12. The van der Waals surface area contributed by atoms with Gasteiger partial charge in [-0.3, -0.25) is 4.79 Å². The van der Waals surface area contributed by atoms with Crippen LogP contribution in [0.5, 0.6) is 0 Å². The van der Waals surface area contributed by atoms with Crippen LogP contribution < -0.4 is 0 Å². The lowest BCUT2D eigenvalue weighted by Gasteiger charge is -2.10. The highest BCUT2D eigenvalue weighted by Crippen LogP contribution is 2.32. The van der Waals surface area contributed by atoms with Crippen LogP contribution in [0.4, 0.5) is 0 Å². The molecule has 1 N–H and O–H groups in total. The first-order valence-corrected chi connectivity index (χ1v) is 7.98. The Kier molecular flexibility index (Phi) is 3.54. The topological polar surface area (TPSA) is 42.2 Å². The van der Waals surface area contributed by atoms with E-state index in [0.29, 0.717) is 0 Å². The van der Waals surface area contributed by atoms with Crippen molar-refractivity contribution in [3.05, 3.63) is 83.9 Å². The van der Waals surface area contributed by atoms with E-state index >= 15 is 0 Å². The number of hydrogen-bond acceptors (Lipinski definition) is 1. The molecule has 0 aliphatic rings. The van der Waals surface area contributed by atoms with Gasteiger partial charge in [0.25, 0.3) is 0 Å². The molecule has 0 aliphatic carbocycles. The van der Waals surface area contributed by atoms with Gasteiger partial charge in [0, 0.05) is 22.8 Å². The monoisotopic (exact) mass is 315 g/mol. The van der Waals surface area contributed by atoms with Gasteiger partial charge in [0.1, 0.15) is 0 Å². The standard InChI is InChI=1S/C21H17NO2/c23-20(24)13-16-9-6-11-18-17-10-4-5-12-19(17)22(21(16)18)14-15-7-2-1-3-8-15/h1-12H,13-14H2,(H,23,24). The number of para-hydroxylation sites is 2. The summed E-state index contributed by atoms with van der Waals surface area (Å²) in [5.74, 6) is -0.806. The molecule has 0 amide bonds. The molecule has 0 fully saturated rings. The van der Waals surface area contributed by atoms with E-state index in [2.05, 4.69) is 34.9 Å². The maximum Gasteiger partial charge on any atom is 0.307 e. The predicted octanol–water partition coefficient (Wildman–Crippen LogP) is 4.47. The summed E-state index contributed by atoms with van der Waals surface area (Å²) in [6.07, 6.45) is 0.0302. The van der Waals surface area contributed by atoms with E-state index in [4.69, 9.17) is 0 Å². The molecule has 118 valence electrons. The summed E-state index contributed by atoms with van der Waals surface area (Å²) in [7, 11) is 0. The number of carbonyl (C=O) groups is 1. The minimum Gasteiger partial charge on any atom is -0.481 e. The van der Waals surface area contributed by atoms with Crippen LogP contribution in [-0.2, 0) is 17.8 Å². The molecule has 0 radical (unpaired) electrons. The van der Waals surface area contributed by atoms with Gasteiger partial charge in [-0.15, -0.1) is 0 Å². The van der Waals surface area contributed by atoms with Gasteiger partial charge in [-0.2, -0.15) is 0 Å². The second-order valence-electron chi connectivity index (χ2n) is 5.97. The molecule has 0 atom stereocenters. The zero-order valence-electron chi connectivity index (χ0n) is 13.1. The Morgan fingerprint density at radius 2 is 1.54 bits per heavy atom. The van der Waals surface area contributed by atoms with Crippen LogP contribution in [0.1, 0.15) is 11.1 Å². The number of rotatable bonds is 4. The van der Waals surface area contributed by atoms with Crippen molar-refractivity contribution in [2.45, 2.75) is 13.0 Å². The number of aliphatic carboxylic acids is 1. The minimum atomic E-state index is -0.806. The molecule has 0 spiro atoms. The van der Waals surface area contributed by atoms with E-state index in [1.165, 1.54) is 5.56 Å². The molecule has 1 aromatic heterocycles. The highest BCUT2D eigenvalue weighted by Gasteiger charge is 2.15. The van der Waals surface area contributed by atoms with Gasteiger partial charge in [0.05, 0.1) is 11.9 Å². The summed E-state index contributed by atoms with van der Waals surface area (Å²) >= 11 is 0. The third kappa shape index (κ3) is 2.44. The zero-order valence-corrected chi connectivity index (χ0v) is 13.1. The first kappa shape index (κ1) is 14.5. The smallest absolute Gasteiger partial charge is 0.307 e. The lowest BCUT2D eigenvalue weighted by atomic mass is 10.1. The maximum atomic E-state index is 11.3. The van der Waals surface area contributed by atoms with Crippen molar-refractivity contribution < 1.29 is 9.90 Å². The molecule has 0 saturated carbocycles. The van der Waals surface area contributed by atoms with E-state index < -0.39 is 5.97 Å². The van der Waals surface area contributed by atoms with Crippen molar-refractivity contribution in [1.82, 2.24) is 4.57 Å². The number of carboxylic acid groups (broad SMARTS) is 1. The molecule has 0 saturated heterocycles. The summed E-state index contributed by atoms with van der Waals surface area (Å²) in [6.45, 7) is 0.724. The largest absolute Gasteiger partial charge is 0.481 e. The van der Waals surface area contributed by atoms with Gasteiger partial charge >= 0.3 is 5.97 Å². The fraction of sp³-hybridized carbons (Fsp3) is 0.0952. The van der Waals surface area contributed by atoms with Gasteiger partial charge in [-0.1, -0.05) is 66.7 Å². The molecule has 0 bridgehead atoms. The molecule has 3 nitrogen and oxygen atoms in total. The highest BCUT2D eigenvalue weighted by atomic mass is 16.4. The number of fused-ring (bicyclic) bond motifs is 3. The van der Waals surface area contributed by atoms with Crippen LogP contribution in [-0.4, -0.2) is 15.6 Å². The van der Waals surface area contributed by atoms with Gasteiger partial charge < -0.3 is 9.67 Å². The normalized spacial score (nSPS) is 11.2. The molecule has 3 aromatic carbocycles. The van der Waals surface area contributed by atoms with Crippen LogP contribution in [0.2, 0.25) is 0 Å². The summed E-state index contributed by atoms with van der Waals surface area (Å²) in [4.78, 5) is 11.3. The van der Waals surface area contributed by atoms with Gasteiger partial charge in [0.2, 0.25) is 0 Å². The van der Waals surface area contributed by atoms with Crippen molar-refractivity contribution in [3.8, 4) is 0 Å². The Bertz CT molecular complexity index is 1030. The van der Waals surface area contributed by atoms with Crippen molar-refractivity contribution >= 4 is 27.8 Å². The lowest BCUT2D eigenvalue weighted by Crippen LogP contribution is -2.05. The Balaban J connectivity index is 2.02. The quantitative estimate of drug-likeness (QED) is 0.604. The van der Waals surface area contributed by atoms with Gasteiger partial charge in [-0.25, -0.2) is 0 Å². The highest BCUT2D eigenvalue weighted by molar-refractivity contribution is 6.09. The van der Waals surface area contributed by atoms with Gasteiger partial charge in [0.15, 0.2) is 0 Å². The average molecular weight is 315 g/mol. The molecule has 24 heavy (non-hydrogen) atoms. The third-order valence-corrected chi connectivity index (χ3v) is 4.40. The predicted molar refractivity (Wildman–Crippen MR) is 96.3 cm³/mol. The van der Waals surface area contributed by atoms with E-state index in [1.807, 2.05) is 42.5 Å². The maximum absolute atomic E-state index is 11.3. The summed E-state index contributed by atoms with van der Waals surface area (Å²) in [6, 6.07) is 24.4. The Morgan fingerprint density at radius 1 is 0.833 bits per heavy atom. The molecule has 3 heteroatoms. The van der Waals surface area contributed by atoms with Crippen LogP contribution in [0.3, 0.4) is 0 Å². The number of carboxylic acids is 1. The Morgan fingerprint density at radius 3 is 2.33 bits per heavy atom. The number of aromatic nitrogens is 1. The molecule has 4 rings (SSSR count). The fourth-order valence-corrected chi connectivity index (χ4v) is 3.42. The summed E-state index contributed by atoms with van der Waals surface area (Å²) in [5.41, 5.74) is 4.21. The summed E-state index contributed by atoms with van der Waals surface area (Å²) in [5, 5.41) is 11.5. The minimum absolute atomic E-state index is 0.0302. The molecule has 4 aromatic rings. The second kappa shape index (κ2) is 5.85. The van der Waals surface area contributed by atoms with Crippen LogP contribution in [0.25, 0.3) is 21.8 Å². The van der Waals surface area contributed by atoms with Crippen molar-refractivity contribution in [1.29, 1.82) is 0 Å². The first-order valence-electron chi connectivity index (χ1n) is 7.98. The van der Waals surface area contributed by atoms with E-state index in [1.54, 1.807) is 0 Å². The number of nitrogens with zero attached hydrogens (tertiary/aromatic N) is 1. The summed E-state index contributed by atoms with van der Waals surface area (Å²) < 4.78 is 2.23.